The Morgan fingerprint density at radius 1 is 1.12 bits per heavy atom. The molecule has 0 unspecified atom stereocenters. The van der Waals surface area contributed by atoms with Gasteiger partial charge >= 0.3 is 0 Å². The molecule has 2 aliphatic heterocycles. The van der Waals surface area contributed by atoms with Gasteiger partial charge in [0.1, 0.15) is 5.75 Å². The van der Waals surface area contributed by atoms with Gasteiger partial charge in [-0.2, -0.15) is 0 Å². The summed E-state index contributed by atoms with van der Waals surface area (Å²) in [5.41, 5.74) is 0.453. The first-order valence-electron chi connectivity index (χ1n) is 10.5. The van der Waals surface area contributed by atoms with Gasteiger partial charge in [-0.1, -0.05) is 31.2 Å². The van der Waals surface area contributed by atoms with E-state index in [9.17, 15) is 29.9 Å². The highest BCUT2D eigenvalue weighted by atomic mass is 16.6. The zero-order valence-electron chi connectivity index (χ0n) is 17.2. The zero-order chi connectivity index (χ0) is 22.8. The molecule has 2 aromatic carbocycles. The average Bonchev–Trinajstić information content (AvgIpc) is 3.23. The molecule has 3 aliphatic rings. The van der Waals surface area contributed by atoms with Gasteiger partial charge in [-0.25, -0.2) is 4.90 Å². The summed E-state index contributed by atoms with van der Waals surface area (Å²) in [5.74, 6) is -5.02. The molecule has 9 heteroatoms. The van der Waals surface area contributed by atoms with E-state index in [1.54, 1.807) is 25.1 Å². The molecule has 0 aromatic heterocycles. The Bertz CT molecular complexity index is 1130. The number of hydrogen-bond donors (Lipinski definition) is 2. The van der Waals surface area contributed by atoms with E-state index in [0.717, 1.165) is 4.90 Å². The van der Waals surface area contributed by atoms with Crippen molar-refractivity contribution < 1.29 is 29.5 Å². The van der Waals surface area contributed by atoms with Gasteiger partial charge in [-0.15, -0.1) is 0 Å². The number of phenols is 1. The maximum atomic E-state index is 13.5. The number of amides is 2. The molecule has 0 radical (unpaired) electrons. The largest absolute Gasteiger partial charge is 0.508 e. The van der Waals surface area contributed by atoms with Crippen LogP contribution in [0.3, 0.4) is 0 Å². The molecule has 5 rings (SSSR count). The molecule has 1 aliphatic carbocycles. The van der Waals surface area contributed by atoms with Crippen molar-refractivity contribution in [3.05, 3.63) is 64.2 Å². The third kappa shape index (κ3) is 2.85. The molecule has 2 saturated heterocycles. The molecule has 1 saturated carbocycles. The minimum absolute atomic E-state index is 0.0380. The van der Waals surface area contributed by atoms with Crippen LogP contribution in [-0.4, -0.2) is 32.7 Å². The fourth-order valence-corrected chi connectivity index (χ4v) is 5.60. The van der Waals surface area contributed by atoms with E-state index in [-0.39, 0.29) is 30.0 Å². The lowest BCUT2D eigenvalue weighted by atomic mass is 9.65. The molecule has 9 nitrogen and oxygen atoms in total. The van der Waals surface area contributed by atoms with Crippen LogP contribution in [0.1, 0.15) is 31.4 Å². The molecule has 166 valence electrons. The summed E-state index contributed by atoms with van der Waals surface area (Å²) in [6, 6.07) is 12.1. The molecule has 0 bridgehead atoms. The number of carbonyl (C=O) groups excluding carboxylic acids is 2. The number of nitro benzene ring substituents is 1. The number of hydrogen-bond acceptors (Lipinski definition) is 7. The standard InChI is InChI=1S/C23H22N2O7/c1-12-9-16-20(17-11-19(32-23(12,17)29)15-7-2-3-8-18(15)26)22(28)24(21(16)27)13-5-4-6-14(10-13)25(30)31/h2-8,10,12,16-17,19-20,26,29H,9,11H2,1H3/t12-,16-,17-,19-,20-,23+/m0/s1. The molecular weight excluding hydrogens is 416 g/mol. The number of carbonyl (C=O) groups is 2. The van der Waals surface area contributed by atoms with Gasteiger partial charge in [-0.3, -0.25) is 19.7 Å². The number of aromatic hydroxyl groups is 1. The summed E-state index contributed by atoms with van der Waals surface area (Å²) >= 11 is 0. The highest BCUT2D eigenvalue weighted by molar-refractivity contribution is 6.22. The number of nitro groups is 1. The number of aliphatic hydroxyl groups is 1. The Labute approximate surface area is 183 Å². The number of anilines is 1. The number of para-hydroxylation sites is 1. The van der Waals surface area contributed by atoms with Crippen molar-refractivity contribution in [2.75, 3.05) is 4.90 Å². The number of nitrogens with zero attached hydrogens (tertiary/aromatic N) is 2. The number of non-ortho nitro benzene ring substituents is 1. The molecule has 0 spiro atoms. The number of imide groups is 1. The van der Waals surface area contributed by atoms with Crippen LogP contribution in [0.25, 0.3) is 0 Å². The number of benzene rings is 2. The third-order valence-corrected chi connectivity index (χ3v) is 7.14. The first kappa shape index (κ1) is 20.6. The third-order valence-electron chi connectivity index (χ3n) is 7.14. The van der Waals surface area contributed by atoms with E-state index in [1.807, 2.05) is 0 Å². The van der Waals surface area contributed by atoms with Gasteiger partial charge in [0.25, 0.3) is 5.69 Å². The van der Waals surface area contributed by atoms with E-state index >= 15 is 0 Å². The first-order valence-corrected chi connectivity index (χ1v) is 10.5. The van der Waals surface area contributed by atoms with Crippen molar-refractivity contribution in [2.24, 2.45) is 23.7 Å². The van der Waals surface area contributed by atoms with Crippen LogP contribution >= 0.6 is 0 Å². The molecule has 32 heavy (non-hydrogen) atoms. The molecule has 2 N–H and O–H groups in total. The fourth-order valence-electron chi connectivity index (χ4n) is 5.60. The summed E-state index contributed by atoms with van der Waals surface area (Å²) in [6.07, 6.45) is -0.107. The van der Waals surface area contributed by atoms with Crippen LogP contribution in [0.4, 0.5) is 11.4 Å². The second-order valence-electron chi connectivity index (χ2n) is 8.82. The Hall–Kier alpha value is -3.30. The summed E-state index contributed by atoms with van der Waals surface area (Å²) in [6.45, 7) is 1.78. The predicted molar refractivity (Wildman–Crippen MR) is 111 cm³/mol. The van der Waals surface area contributed by atoms with Gasteiger partial charge in [0.05, 0.1) is 28.6 Å². The Morgan fingerprint density at radius 3 is 2.59 bits per heavy atom. The summed E-state index contributed by atoms with van der Waals surface area (Å²) in [4.78, 5) is 38.3. The first-order chi connectivity index (χ1) is 15.2. The smallest absolute Gasteiger partial charge is 0.271 e. The van der Waals surface area contributed by atoms with Crippen LogP contribution in [0.5, 0.6) is 5.75 Å². The van der Waals surface area contributed by atoms with E-state index in [1.165, 1.54) is 30.3 Å². The van der Waals surface area contributed by atoms with Crippen molar-refractivity contribution in [1.82, 2.24) is 0 Å². The number of ether oxygens (including phenoxy) is 1. The summed E-state index contributed by atoms with van der Waals surface area (Å²) in [7, 11) is 0. The molecule has 2 amide bonds. The highest BCUT2D eigenvalue weighted by Crippen LogP contribution is 2.59. The average molecular weight is 438 g/mol. The number of phenolic OH excluding ortho intramolecular Hbond substituents is 1. The van der Waals surface area contributed by atoms with Crippen LogP contribution in [0, 0.1) is 33.8 Å². The van der Waals surface area contributed by atoms with Gasteiger partial charge < -0.3 is 14.9 Å². The van der Waals surface area contributed by atoms with E-state index in [0.29, 0.717) is 5.56 Å². The van der Waals surface area contributed by atoms with Crippen LogP contribution in [0.2, 0.25) is 0 Å². The lowest BCUT2D eigenvalue weighted by Gasteiger charge is -2.43. The highest BCUT2D eigenvalue weighted by Gasteiger charge is 2.66. The van der Waals surface area contributed by atoms with E-state index < -0.39 is 52.3 Å². The van der Waals surface area contributed by atoms with Crippen LogP contribution in [-0.2, 0) is 14.3 Å². The normalized spacial score (nSPS) is 33.8. The topological polar surface area (TPSA) is 130 Å². The Morgan fingerprint density at radius 2 is 1.88 bits per heavy atom. The van der Waals surface area contributed by atoms with Crippen molar-refractivity contribution in [1.29, 1.82) is 0 Å². The second kappa shape index (κ2) is 7.11. The van der Waals surface area contributed by atoms with Crippen LogP contribution in [0.15, 0.2) is 48.5 Å². The predicted octanol–water partition coefficient (Wildman–Crippen LogP) is 2.91. The summed E-state index contributed by atoms with van der Waals surface area (Å²) < 4.78 is 6.04. The van der Waals surface area contributed by atoms with Crippen LogP contribution < -0.4 is 4.90 Å². The van der Waals surface area contributed by atoms with Gasteiger partial charge in [0.2, 0.25) is 11.8 Å². The molecule has 2 heterocycles. The quantitative estimate of drug-likeness (QED) is 0.428. The Balaban J connectivity index is 1.52. The minimum atomic E-state index is -1.62. The lowest BCUT2D eigenvalue weighted by Crippen LogP contribution is -2.52. The molecule has 2 aromatic rings. The van der Waals surface area contributed by atoms with Gasteiger partial charge in [0.15, 0.2) is 5.79 Å². The maximum Gasteiger partial charge on any atom is 0.271 e. The summed E-state index contributed by atoms with van der Waals surface area (Å²) in [5, 5.41) is 32.9. The lowest BCUT2D eigenvalue weighted by molar-refractivity contribution is -0.384. The zero-order valence-corrected chi connectivity index (χ0v) is 17.2. The van der Waals surface area contributed by atoms with Gasteiger partial charge in [0, 0.05) is 29.5 Å². The molecule has 3 fully saturated rings. The number of rotatable bonds is 3. The molecular formula is C23H22N2O7. The minimum Gasteiger partial charge on any atom is -0.508 e. The fraction of sp³-hybridized carbons (Fsp3) is 0.391. The monoisotopic (exact) mass is 438 g/mol. The Kier molecular flexibility index (Phi) is 4.58. The van der Waals surface area contributed by atoms with E-state index in [2.05, 4.69) is 0 Å². The van der Waals surface area contributed by atoms with E-state index in [4.69, 9.17) is 4.74 Å². The van der Waals surface area contributed by atoms with Crippen molar-refractivity contribution in [3.8, 4) is 5.75 Å². The van der Waals surface area contributed by atoms with Crippen molar-refractivity contribution >= 4 is 23.2 Å². The second-order valence-corrected chi connectivity index (χ2v) is 8.82. The van der Waals surface area contributed by atoms with Crippen molar-refractivity contribution in [3.63, 3.8) is 0 Å². The SMILES string of the molecule is C[C@H]1C[C@@H]2C(=O)N(c3cccc([N+](=O)[O-])c3)C(=O)[C@@H]2[C@@H]2C[C@@H](c3ccccc3O)O[C@]12O. The van der Waals surface area contributed by atoms with Crippen molar-refractivity contribution in [2.45, 2.75) is 31.7 Å². The molecule has 6 atom stereocenters. The number of fused-ring (bicyclic) bond motifs is 3. The maximum absolute atomic E-state index is 13.5. The van der Waals surface area contributed by atoms with Gasteiger partial charge in [-0.05, 0) is 25.0 Å².